The van der Waals surface area contributed by atoms with Crippen LogP contribution in [-0.2, 0) is 25.1 Å². The van der Waals surface area contributed by atoms with Crippen molar-refractivity contribution in [1.82, 2.24) is 20.4 Å². The third kappa shape index (κ3) is 8.86. The van der Waals surface area contributed by atoms with Gasteiger partial charge in [-0.15, -0.1) is 0 Å². The summed E-state index contributed by atoms with van der Waals surface area (Å²) < 4.78 is 51.2. The largest absolute Gasteiger partial charge is 0.497 e. The van der Waals surface area contributed by atoms with Gasteiger partial charge in [-0.3, -0.25) is 19.2 Å². The van der Waals surface area contributed by atoms with Gasteiger partial charge in [0, 0.05) is 44.1 Å². The third-order valence-corrected chi connectivity index (χ3v) is 9.40. The number of hydrogen-bond acceptors (Lipinski definition) is 6. The van der Waals surface area contributed by atoms with Crippen molar-refractivity contribution in [2.45, 2.75) is 76.3 Å². The summed E-state index contributed by atoms with van der Waals surface area (Å²) >= 11 is 0. The highest BCUT2D eigenvalue weighted by atomic mass is 19.3. The number of anilines is 1. The molecule has 2 aliphatic rings. The van der Waals surface area contributed by atoms with E-state index in [4.69, 9.17) is 4.74 Å². The number of methoxy groups -OCH3 is 1. The molecule has 0 bridgehead atoms. The van der Waals surface area contributed by atoms with Gasteiger partial charge in [0.2, 0.25) is 17.7 Å². The fourth-order valence-corrected chi connectivity index (χ4v) is 6.26. The van der Waals surface area contributed by atoms with Crippen molar-refractivity contribution in [3.63, 3.8) is 0 Å². The fraction of sp³-hybridized carbons (Fsp3) is 0.543. The maximum atomic E-state index is 15.6. The summed E-state index contributed by atoms with van der Waals surface area (Å²) in [4.78, 5) is 56.3. The predicted molar refractivity (Wildman–Crippen MR) is 175 cm³/mol. The molecule has 1 heterocycles. The summed E-state index contributed by atoms with van der Waals surface area (Å²) in [6.45, 7) is 5.79. The topological polar surface area (TPSA) is 120 Å². The van der Waals surface area contributed by atoms with Crippen molar-refractivity contribution in [2.75, 3.05) is 45.7 Å². The molecule has 10 nitrogen and oxygen atoms in total. The monoisotopic (exact) mass is 673 g/mol. The average molecular weight is 674 g/mol. The highest BCUT2D eigenvalue weighted by molar-refractivity contribution is 5.98. The molecule has 1 saturated carbocycles. The van der Waals surface area contributed by atoms with E-state index >= 15 is 13.2 Å². The number of carbonyl (C=O) groups is 4. The van der Waals surface area contributed by atoms with Crippen LogP contribution < -0.4 is 20.7 Å². The molecule has 2 fully saturated rings. The summed E-state index contributed by atoms with van der Waals surface area (Å²) in [5, 5.41) is 7.56. The molecule has 4 rings (SSSR count). The molecule has 13 heteroatoms. The van der Waals surface area contributed by atoms with Crippen LogP contribution in [0.2, 0.25) is 0 Å². The highest BCUT2D eigenvalue weighted by Gasteiger charge is 2.44. The fourth-order valence-electron chi connectivity index (χ4n) is 6.26. The summed E-state index contributed by atoms with van der Waals surface area (Å²) in [5.41, 5.74) is -0.369. The van der Waals surface area contributed by atoms with Crippen LogP contribution in [0, 0.1) is 11.7 Å². The van der Waals surface area contributed by atoms with Crippen molar-refractivity contribution >= 4 is 29.3 Å². The number of piperazine rings is 1. The van der Waals surface area contributed by atoms with E-state index in [1.54, 1.807) is 24.8 Å². The van der Waals surface area contributed by atoms with Crippen molar-refractivity contribution in [3.05, 3.63) is 59.4 Å². The van der Waals surface area contributed by atoms with Gasteiger partial charge in [0.25, 0.3) is 5.91 Å². The molecule has 262 valence electrons. The van der Waals surface area contributed by atoms with E-state index in [9.17, 15) is 19.2 Å². The van der Waals surface area contributed by atoms with Crippen LogP contribution in [0.1, 0.15) is 69.4 Å². The Morgan fingerprint density at radius 2 is 1.67 bits per heavy atom. The number of likely N-dealkylation sites (N-methyl/N-ethyl adjacent to an activating group) is 1. The van der Waals surface area contributed by atoms with Gasteiger partial charge < -0.3 is 30.5 Å². The second-order valence-corrected chi connectivity index (χ2v) is 12.7. The molecule has 0 radical (unpaired) electrons. The molecular formula is C35H46F3N5O5. The zero-order valence-corrected chi connectivity index (χ0v) is 28.0. The number of carbonyl (C=O) groups excluding carboxylic acids is 4. The number of nitrogens with zero attached hydrogens (tertiary/aromatic N) is 2. The molecule has 48 heavy (non-hydrogen) atoms. The van der Waals surface area contributed by atoms with E-state index in [0.717, 1.165) is 31.4 Å². The lowest BCUT2D eigenvalue weighted by Gasteiger charge is -2.36. The van der Waals surface area contributed by atoms with Crippen LogP contribution in [0.4, 0.5) is 18.9 Å². The van der Waals surface area contributed by atoms with Crippen LogP contribution in [0.5, 0.6) is 5.75 Å². The van der Waals surface area contributed by atoms with E-state index in [1.165, 1.54) is 31.4 Å². The molecular weight excluding hydrogens is 627 g/mol. The zero-order chi connectivity index (χ0) is 35.0. The number of rotatable bonds is 12. The van der Waals surface area contributed by atoms with Crippen LogP contribution in [0.3, 0.4) is 0 Å². The number of halogens is 3. The summed E-state index contributed by atoms with van der Waals surface area (Å²) in [6, 6.07) is 6.80. The van der Waals surface area contributed by atoms with Crippen molar-refractivity contribution < 1.29 is 37.1 Å². The Balaban J connectivity index is 1.53. The third-order valence-electron chi connectivity index (χ3n) is 9.40. The second-order valence-electron chi connectivity index (χ2n) is 12.7. The van der Waals surface area contributed by atoms with E-state index in [2.05, 4.69) is 20.9 Å². The highest BCUT2D eigenvalue weighted by Crippen LogP contribution is 2.33. The van der Waals surface area contributed by atoms with Gasteiger partial charge in [-0.2, -0.15) is 8.78 Å². The summed E-state index contributed by atoms with van der Waals surface area (Å²) in [7, 11) is 3.29. The first-order valence-electron chi connectivity index (χ1n) is 16.6. The van der Waals surface area contributed by atoms with E-state index in [1.807, 2.05) is 7.05 Å². The number of amides is 4. The Morgan fingerprint density at radius 3 is 2.29 bits per heavy atom. The van der Waals surface area contributed by atoms with Crippen molar-refractivity contribution in [1.29, 1.82) is 0 Å². The summed E-state index contributed by atoms with van der Waals surface area (Å²) in [6.07, 6.45) is 3.69. The number of alkyl halides is 2. The van der Waals surface area contributed by atoms with Crippen LogP contribution >= 0.6 is 0 Å². The zero-order valence-electron chi connectivity index (χ0n) is 28.0. The standard InChI is InChI=1S/C35H46F3N5O5/c1-5-29(44)40-30(33(46)43-18-16-42(3)17-19-43)22(2)24-14-15-28(27(36)20-24)39-32(45)31(23-10-7-6-8-11-23)41-34(47)35(37,38)25-12-9-13-26(21-25)48-4/h9,12-15,20-23,30-31H,5-8,10-11,16-19H2,1-4H3,(H,39,45)(H,40,44)(H,41,47). The van der Waals surface area contributed by atoms with Gasteiger partial charge in [0.05, 0.1) is 12.8 Å². The Kier molecular flexibility index (Phi) is 12.5. The first-order valence-corrected chi connectivity index (χ1v) is 16.6. The Morgan fingerprint density at radius 1 is 0.979 bits per heavy atom. The molecule has 0 spiro atoms. The lowest BCUT2D eigenvalue weighted by atomic mass is 9.83. The minimum absolute atomic E-state index is 0.151. The molecule has 1 saturated heterocycles. The number of benzene rings is 2. The van der Waals surface area contributed by atoms with Crippen molar-refractivity contribution in [3.8, 4) is 5.75 Å². The smallest absolute Gasteiger partial charge is 0.349 e. The van der Waals surface area contributed by atoms with E-state index in [0.29, 0.717) is 44.6 Å². The summed E-state index contributed by atoms with van der Waals surface area (Å²) in [5.74, 6) is -8.68. The predicted octanol–water partition coefficient (Wildman–Crippen LogP) is 4.40. The number of nitrogens with one attached hydrogen (secondary N) is 3. The molecule has 1 aliphatic heterocycles. The first kappa shape index (κ1) is 36.7. The van der Waals surface area contributed by atoms with Gasteiger partial charge in [0.15, 0.2) is 0 Å². The Hall–Kier alpha value is -4.13. The van der Waals surface area contributed by atoms with Crippen molar-refractivity contribution in [2.24, 2.45) is 5.92 Å². The minimum atomic E-state index is -3.96. The average Bonchev–Trinajstić information content (AvgIpc) is 3.10. The normalized spacial score (nSPS) is 17.9. The molecule has 0 aromatic heterocycles. The molecule has 1 aliphatic carbocycles. The lowest BCUT2D eigenvalue weighted by molar-refractivity contribution is -0.149. The molecule has 3 unspecified atom stereocenters. The maximum Gasteiger partial charge on any atom is 0.349 e. The van der Waals surface area contributed by atoms with Crippen LogP contribution in [0.25, 0.3) is 0 Å². The van der Waals surface area contributed by atoms with Gasteiger partial charge >= 0.3 is 5.92 Å². The van der Waals surface area contributed by atoms with Crippen LogP contribution in [0.15, 0.2) is 42.5 Å². The second kappa shape index (κ2) is 16.3. The van der Waals surface area contributed by atoms with Gasteiger partial charge in [-0.25, -0.2) is 4.39 Å². The minimum Gasteiger partial charge on any atom is -0.497 e. The molecule has 3 atom stereocenters. The maximum absolute atomic E-state index is 15.6. The SMILES string of the molecule is CCC(=O)NC(C(=O)N1CCN(C)CC1)C(C)c1ccc(NC(=O)C(NC(=O)C(F)(F)c2cccc(OC)c2)C2CCCCC2)c(F)c1. The van der Waals surface area contributed by atoms with Gasteiger partial charge in [-0.05, 0) is 55.6 Å². The Bertz CT molecular complexity index is 1460. The molecule has 2 aromatic rings. The lowest BCUT2D eigenvalue weighted by Crippen LogP contribution is -2.55. The quantitative estimate of drug-likeness (QED) is 0.308. The Labute approximate surface area is 279 Å². The number of hydrogen-bond donors (Lipinski definition) is 3. The molecule has 3 N–H and O–H groups in total. The van der Waals surface area contributed by atoms with Gasteiger partial charge in [-0.1, -0.05) is 51.3 Å². The van der Waals surface area contributed by atoms with E-state index < -0.39 is 53.0 Å². The van der Waals surface area contributed by atoms with Crippen LogP contribution in [-0.4, -0.2) is 85.8 Å². The van der Waals surface area contributed by atoms with Gasteiger partial charge in [0.1, 0.15) is 23.7 Å². The van der Waals surface area contributed by atoms with E-state index in [-0.39, 0.29) is 29.7 Å². The number of ether oxygens (including phenoxy) is 1. The molecule has 2 aromatic carbocycles. The first-order chi connectivity index (χ1) is 22.8. The molecule has 4 amide bonds.